The van der Waals surface area contributed by atoms with E-state index in [4.69, 9.17) is 9.47 Å². The fourth-order valence-electron chi connectivity index (χ4n) is 2.38. The van der Waals surface area contributed by atoms with Gasteiger partial charge >= 0.3 is 5.97 Å². The number of carbonyl (C=O) groups is 2. The molecule has 1 aromatic carbocycles. The van der Waals surface area contributed by atoms with E-state index in [0.29, 0.717) is 18.0 Å². The van der Waals surface area contributed by atoms with Crippen molar-refractivity contribution >= 4 is 29.3 Å². The van der Waals surface area contributed by atoms with Crippen LogP contribution >= 0.6 is 11.8 Å². The molecule has 0 unspecified atom stereocenters. The van der Waals surface area contributed by atoms with E-state index >= 15 is 0 Å². The van der Waals surface area contributed by atoms with Crippen LogP contribution in [0.5, 0.6) is 0 Å². The average Bonchev–Trinajstić information content (AvgIpc) is 3.11. The summed E-state index contributed by atoms with van der Waals surface area (Å²) in [6.45, 7) is 3.02. The highest BCUT2D eigenvalue weighted by molar-refractivity contribution is 8.00. The summed E-state index contributed by atoms with van der Waals surface area (Å²) in [6, 6.07) is 4.20. The van der Waals surface area contributed by atoms with E-state index in [-0.39, 0.29) is 35.6 Å². The molecule has 136 valence electrons. The van der Waals surface area contributed by atoms with Crippen LogP contribution in [0.2, 0.25) is 0 Å². The molecule has 1 saturated heterocycles. The zero-order chi connectivity index (χ0) is 18.2. The molecule has 0 saturated carbocycles. The van der Waals surface area contributed by atoms with Gasteiger partial charge in [-0.1, -0.05) is 0 Å². The van der Waals surface area contributed by atoms with E-state index in [2.05, 4.69) is 5.32 Å². The molecule has 0 radical (unpaired) electrons. The number of carbonyl (C=O) groups excluding carboxylic acids is 2. The molecule has 0 aromatic heterocycles. The van der Waals surface area contributed by atoms with Crippen molar-refractivity contribution in [1.29, 1.82) is 0 Å². The molecule has 0 aliphatic carbocycles. The smallest absolute Gasteiger partial charge is 0.316 e. The Hall–Kier alpha value is -2.13. The molecule has 8 nitrogen and oxygen atoms in total. The number of nitrogens with zero attached hydrogens (tertiary/aromatic N) is 1. The van der Waals surface area contributed by atoms with E-state index in [0.717, 1.165) is 24.6 Å². The highest BCUT2D eigenvalue weighted by atomic mass is 32.2. The van der Waals surface area contributed by atoms with Crippen molar-refractivity contribution in [1.82, 2.24) is 5.32 Å². The van der Waals surface area contributed by atoms with Crippen molar-refractivity contribution in [3.63, 3.8) is 0 Å². The molecule has 1 amide bonds. The number of ether oxygens (including phenoxy) is 2. The van der Waals surface area contributed by atoms with E-state index in [9.17, 15) is 19.7 Å². The number of nitrogens with one attached hydrogen (secondary N) is 1. The van der Waals surface area contributed by atoms with Crippen molar-refractivity contribution in [2.24, 2.45) is 0 Å². The van der Waals surface area contributed by atoms with Crippen LogP contribution in [0, 0.1) is 10.1 Å². The number of hydrogen-bond acceptors (Lipinski definition) is 7. The molecule has 1 N–H and O–H groups in total. The minimum absolute atomic E-state index is 0.00153. The number of thioether (sulfide) groups is 1. The third-order valence-corrected chi connectivity index (χ3v) is 4.62. The standard InChI is InChI=1S/C16H20N2O6S/c1-2-23-15(19)10-25-14-6-5-11(8-13(14)18(21)22)16(20)17-9-12-4-3-7-24-12/h5-6,8,12H,2-4,7,9-10H2,1H3,(H,17,20)/t12-/m0/s1. The van der Waals surface area contributed by atoms with Gasteiger partial charge in [0.2, 0.25) is 0 Å². The van der Waals surface area contributed by atoms with Crippen molar-refractivity contribution in [3.8, 4) is 0 Å². The maximum atomic E-state index is 12.2. The van der Waals surface area contributed by atoms with Crippen molar-refractivity contribution < 1.29 is 24.0 Å². The van der Waals surface area contributed by atoms with Gasteiger partial charge in [0.25, 0.3) is 11.6 Å². The second-order valence-corrected chi connectivity index (χ2v) is 6.40. The van der Waals surface area contributed by atoms with Crippen molar-refractivity contribution in [2.45, 2.75) is 30.8 Å². The van der Waals surface area contributed by atoms with Crippen LogP contribution < -0.4 is 5.32 Å². The first-order valence-electron chi connectivity index (χ1n) is 7.98. The third-order valence-electron chi connectivity index (χ3n) is 3.58. The molecular weight excluding hydrogens is 348 g/mol. The van der Waals surface area contributed by atoms with Crippen LogP contribution in [0.25, 0.3) is 0 Å². The van der Waals surface area contributed by atoms with Crippen LogP contribution in [-0.4, -0.2) is 48.4 Å². The van der Waals surface area contributed by atoms with Crippen molar-refractivity contribution in [2.75, 3.05) is 25.5 Å². The molecule has 0 spiro atoms. The highest BCUT2D eigenvalue weighted by Crippen LogP contribution is 2.30. The average molecular weight is 368 g/mol. The summed E-state index contributed by atoms with van der Waals surface area (Å²) in [5.41, 5.74) is -0.00996. The lowest BCUT2D eigenvalue weighted by atomic mass is 10.2. The SMILES string of the molecule is CCOC(=O)CSc1ccc(C(=O)NC[C@@H]2CCCO2)cc1[N+](=O)[O-]. The van der Waals surface area contributed by atoms with Crippen LogP contribution in [0.15, 0.2) is 23.1 Å². The minimum Gasteiger partial charge on any atom is -0.465 e. The normalized spacial score (nSPS) is 16.4. The zero-order valence-electron chi connectivity index (χ0n) is 13.9. The van der Waals surface area contributed by atoms with E-state index in [1.807, 2.05) is 0 Å². The second-order valence-electron chi connectivity index (χ2n) is 5.38. The first-order valence-corrected chi connectivity index (χ1v) is 8.96. The molecule has 1 fully saturated rings. The van der Waals surface area contributed by atoms with Crippen LogP contribution in [0.3, 0.4) is 0 Å². The number of nitro benzene ring substituents is 1. The summed E-state index contributed by atoms with van der Waals surface area (Å²) in [6.07, 6.45) is 1.86. The van der Waals surface area contributed by atoms with Gasteiger partial charge < -0.3 is 14.8 Å². The molecule has 1 aromatic rings. The first-order chi connectivity index (χ1) is 12.0. The Morgan fingerprint density at radius 3 is 2.92 bits per heavy atom. The van der Waals surface area contributed by atoms with Crippen molar-refractivity contribution in [3.05, 3.63) is 33.9 Å². The van der Waals surface area contributed by atoms with E-state index < -0.39 is 10.9 Å². The summed E-state index contributed by atoms with van der Waals surface area (Å²) in [5, 5.41) is 14.0. The molecule has 2 rings (SSSR count). The van der Waals surface area contributed by atoms with Gasteiger partial charge in [-0.3, -0.25) is 19.7 Å². The Balaban J connectivity index is 2.02. The predicted molar refractivity (Wildman–Crippen MR) is 91.8 cm³/mol. The second kappa shape index (κ2) is 9.38. The Morgan fingerprint density at radius 1 is 1.48 bits per heavy atom. The Kier molecular flexibility index (Phi) is 7.20. The van der Waals surface area contributed by atoms with Gasteiger partial charge in [-0.15, -0.1) is 11.8 Å². The van der Waals surface area contributed by atoms with Gasteiger partial charge in [0.05, 0.1) is 28.3 Å². The summed E-state index contributed by atoms with van der Waals surface area (Å²) < 4.78 is 10.2. The number of amides is 1. The summed E-state index contributed by atoms with van der Waals surface area (Å²) >= 11 is 1.01. The van der Waals surface area contributed by atoms with Gasteiger partial charge in [-0.25, -0.2) is 0 Å². The molecular formula is C16H20N2O6S. The van der Waals surface area contributed by atoms with Crippen LogP contribution in [0.1, 0.15) is 30.1 Å². The molecule has 1 atom stereocenters. The summed E-state index contributed by atoms with van der Waals surface area (Å²) in [7, 11) is 0. The number of nitro groups is 1. The monoisotopic (exact) mass is 368 g/mol. The van der Waals surface area contributed by atoms with Gasteiger partial charge in [-0.2, -0.15) is 0 Å². The lowest BCUT2D eigenvalue weighted by Gasteiger charge is -2.11. The lowest BCUT2D eigenvalue weighted by Crippen LogP contribution is -2.31. The van der Waals surface area contributed by atoms with Gasteiger partial charge in [0.15, 0.2) is 0 Å². The molecule has 1 aliphatic rings. The summed E-state index contributed by atoms with van der Waals surface area (Å²) in [5.74, 6) is -0.861. The van der Waals surface area contributed by atoms with Crippen LogP contribution in [-0.2, 0) is 14.3 Å². The summed E-state index contributed by atoms with van der Waals surface area (Å²) in [4.78, 5) is 34.6. The van der Waals surface area contributed by atoms with E-state index in [1.54, 1.807) is 6.92 Å². The van der Waals surface area contributed by atoms with Gasteiger partial charge in [0, 0.05) is 24.8 Å². The molecule has 1 heterocycles. The fourth-order valence-corrected chi connectivity index (χ4v) is 3.18. The topological polar surface area (TPSA) is 108 Å². The highest BCUT2D eigenvalue weighted by Gasteiger charge is 2.21. The Labute approximate surface area is 149 Å². The number of esters is 1. The zero-order valence-corrected chi connectivity index (χ0v) is 14.7. The molecule has 1 aliphatic heterocycles. The third kappa shape index (κ3) is 5.71. The fraction of sp³-hybridized carbons (Fsp3) is 0.500. The Morgan fingerprint density at radius 2 is 2.28 bits per heavy atom. The Bertz CT molecular complexity index is 646. The molecule has 25 heavy (non-hydrogen) atoms. The van der Waals surface area contributed by atoms with Gasteiger partial charge in [-0.05, 0) is 31.9 Å². The van der Waals surface area contributed by atoms with Gasteiger partial charge in [0.1, 0.15) is 0 Å². The maximum absolute atomic E-state index is 12.2. The minimum atomic E-state index is -0.565. The maximum Gasteiger partial charge on any atom is 0.316 e. The first kappa shape index (κ1) is 19.2. The van der Waals surface area contributed by atoms with Crippen LogP contribution in [0.4, 0.5) is 5.69 Å². The van der Waals surface area contributed by atoms with E-state index in [1.165, 1.54) is 18.2 Å². The number of benzene rings is 1. The molecule has 0 bridgehead atoms. The molecule has 9 heteroatoms. The number of hydrogen-bond donors (Lipinski definition) is 1. The number of rotatable bonds is 8. The quantitative estimate of drug-likeness (QED) is 0.324. The largest absolute Gasteiger partial charge is 0.465 e. The lowest BCUT2D eigenvalue weighted by molar-refractivity contribution is -0.387. The predicted octanol–water partition coefficient (Wildman–Crippen LogP) is 2.16.